The second-order valence-electron chi connectivity index (χ2n) is 4.87. The third kappa shape index (κ3) is 5.91. The highest BCUT2D eigenvalue weighted by molar-refractivity contribution is 5.77. The van der Waals surface area contributed by atoms with Gasteiger partial charge in [-0.1, -0.05) is 12.1 Å². The summed E-state index contributed by atoms with van der Waals surface area (Å²) in [6.45, 7) is 0.433. The van der Waals surface area contributed by atoms with Crippen LogP contribution in [0.1, 0.15) is 30.9 Å². The molecule has 5 nitrogen and oxygen atoms in total. The first kappa shape index (κ1) is 17.1. The number of benzene rings is 1. The fourth-order valence-corrected chi connectivity index (χ4v) is 1.88. The Morgan fingerprint density at radius 2 is 2.14 bits per heavy atom. The lowest BCUT2D eigenvalue weighted by Gasteiger charge is -2.19. The number of rotatable bonds is 7. The first-order valence-electron chi connectivity index (χ1n) is 6.82. The number of carbonyl (C=O) groups excluding carboxylic acids is 2. The lowest BCUT2D eigenvalue weighted by atomic mass is 10.1. The number of carbonyl (C=O) groups is 2. The molecule has 0 aliphatic carbocycles. The summed E-state index contributed by atoms with van der Waals surface area (Å²) < 4.78 is 13.1. The van der Waals surface area contributed by atoms with Crippen LogP contribution in [0.2, 0.25) is 0 Å². The van der Waals surface area contributed by atoms with Gasteiger partial charge in [-0.2, -0.15) is 0 Å². The van der Waals surface area contributed by atoms with Gasteiger partial charge in [0.05, 0.1) is 12.5 Å². The Bertz CT molecular complexity index is 494. The van der Waals surface area contributed by atoms with Crippen molar-refractivity contribution in [3.8, 4) is 0 Å². The van der Waals surface area contributed by atoms with Crippen molar-refractivity contribution in [1.29, 1.82) is 0 Å². The van der Waals surface area contributed by atoms with Crippen LogP contribution in [0.3, 0.4) is 0 Å². The molecular formula is C15H21FN2O3. The maximum atomic E-state index is 13.1. The number of amides is 2. The molecule has 1 rings (SSSR count). The largest absolute Gasteiger partial charge is 0.388 e. The van der Waals surface area contributed by atoms with Gasteiger partial charge in [-0.25, -0.2) is 4.39 Å². The van der Waals surface area contributed by atoms with Crippen molar-refractivity contribution in [3.63, 3.8) is 0 Å². The molecule has 1 aromatic rings. The number of hydrogen-bond donors (Lipinski definition) is 2. The minimum atomic E-state index is -1.03. The predicted molar refractivity (Wildman–Crippen MR) is 76.9 cm³/mol. The summed E-state index contributed by atoms with van der Waals surface area (Å²) in [4.78, 5) is 24.5. The molecule has 6 heteroatoms. The van der Waals surface area contributed by atoms with Gasteiger partial charge in [-0.05, 0) is 24.1 Å². The van der Waals surface area contributed by atoms with E-state index < -0.39 is 11.9 Å². The van der Waals surface area contributed by atoms with Crippen LogP contribution in [0.25, 0.3) is 0 Å². The van der Waals surface area contributed by atoms with Crippen molar-refractivity contribution in [3.05, 3.63) is 35.6 Å². The van der Waals surface area contributed by atoms with Gasteiger partial charge < -0.3 is 15.3 Å². The molecule has 0 saturated carbocycles. The van der Waals surface area contributed by atoms with Crippen LogP contribution in [0.5, 0.6) is 0 Å². The zero-order valence-corrected chi connectivity index (χ0v) is 12.3. The second kappa shape index (κ2) is 8.36. The number of nitrogens with one attached hydrogen (secondary N) is 1. The van der Waals surface area contributed by atoms with Gasteiger partial charge in [0.15, 0.2) is 0 Å². The SMILES string of the molecule is CNC(=O)CCCN(C)C(=O)CC(O)c1cccc(F)c1. The van der Waals surface area contributed by atoms with E-state index in [2.05, 4.69) is 5.32 Å². The average molecular weight is 296 g/mol. The summed E-state index contributed by atoms with van der Waals surface area (Å²) in [6, 6.07) is 5.56. The Labute approximate surface area is 123 Å². The molecule has 1 aromatic carbocycles. The maximum absolute atomic E-state index is 13.1. The van der Waals surface area contributed by atoms with Crippen LogP contribution in [0, 0.1) is 5.82 Å². The highest BCUT2D eigenvalue weighted by atomic mass is 19.1. The molecule has 116 valence electrons. The highest BCUT2D eigenvalue weighted by Gasteiger charge is 2.16. The quantitative estimate of drug-likeness (QED) is 0.795. The maximum Gasteiger partial charge on any atom is 0.225 e. The smallest absolute Gasteiger partial charge is 0.225 e. The molecule has 0 heterocycles. The number of nitrogens with zero attached hydrogens (tertiary/aromatic N) is 1. The zero-order chi connectivity index (χ0) is 15.8. The van der Waals surface area contributed by atoms with Gasteiger partial charge in [0.2, 0.25) is 11.8 Å². The van der Waals surface area contributed by atoms with Gasteiger partial charge in [-0.15, -0.1) is 0 Å². The van der Waals surface area contributed by atoms with Gasteiger partial charge in [0, 0.05) is 27.1 Å². The molecule has 0 radical (unpaired) electrons. The van der Waals surface area contributed by atoms with E-state index in [-0.39, 0.29) is 18.2 Å². The molecule has 2 amide bonds. The van der Waals surface area contributed by atoms with E-state index in [1.807, 2.05) is 0 Å². The molecule has 0 bridgehead atoms. The summed E-state index contributed by atoms with van der Waals surface area (Å²) in [5, 5.41) is 12.4. The molecule has 21 heavy (non-hydrogen) atoms. The van der Waals surface area contributed by atoms with Crippen LogP contribution < -0.4 is 5.32 Å². The first-order valence-corrected chi connectivity index (χ1v) is 6.82. The Kier molecular flexibility index (Phi) is 6.81. The molecule has 2 N–H and O–H groups in total. The first-order chi connectivity index (χ1) is 9.93. The monoisotopic (exact) mass is 296 g/mol. The lowest BCUT2D eigenvalue weighted by molar-refractivity contribution is -0.132. The van der Waals surface area contributed by atoms with Crippen molar-refractivity contribution in [1.82, 2.24) is 10.2 Å². The molecular weight excluding hydrogens is 275 g/mol. The summed E-state index contributed by atoms with van der Waals surface area (Å²) in [5.41, 5.74) is 0.377. The molecule has 0 aliphatic heterocycles. The number of aliphatic hydroxyl groups excluding tert-OH is 1. The number of halogens is 1. The molecule has 0 spiro atoms. The zero-order valence-electron chi connectivity index (χ0n) is 12.3. The number of hydrogen-bond acceptors (Lipinski definition) is 3. The topological polar surface area (TPSA) is 69.6 Å². The standard InChI is InChI=1S/C15H21FN2O3/c1-17-14(20)7-4-8-18(2)15(21)10-13(19)11-5-3-6-12(16)9-11/h3,5-6,9,13,19H,4,7-8,10H2,1-2H3,(H,17,20). The minimum Gasteiger partial charge on any atom is -0.388 e. The van der Waals surface area contributed by atoms with Crippen molar-refractivity contribution in [2.45, 2.75) is 25.4 Å². The van der Waals surface area contributed by atoms with E-state index in [1.54, 1.807) is 20.2 Å². The van der Waals surface area contributed by atoms with Gasteiger partial charge in [0.1, 0.15) is 5.82 Å². The van der Waals surface area contributed by atoms with E-state index in [1.165, 1.54) is 23.1 Å². The normalized spacial score (nSPS) is 11.8. The predicted octanol–water partition coefficient (Wildman–Crippen LogP) is 1.23. The highest BCUT2D eigenvalue weighted by Crippen LogP contribution is 2.18. The summed E-state index contributed by atoms with van der Waals surface area (Å²) in [7, 11) is 3.18. The van der Waals surface area contributed by atoms with Crippen LogP contribution in [0.4, 0.5) is 4.39 Å². The Balaban J connectivity index is 2.43. The molecule has 0 aromatic heterocycles. The lowest BCUT2D eigenvalue weighted by Crippen LogP contribution is -2.30. The van der Waals surface area contributed by atoms with Crippen molar-refractivity contribution >= 4 is 11.8 Å². The fourth-order valence-electron chi connectivity index (χ4n) is 1.88. The molecule has 0 saturated heterocycles. The number of aliphatic hydroxyl groups is 1. The van der Waals surface area contributed by atoms with E-state index in [9.17, 15) is 19.1 Å². The van der Waals surface area contributed by atoms with E-state index in [0.717, 1.165) is 0 Å². The van der Waals surface area contributed by atoms with Gasteiger partial charge in [-0.3, -0.25) is 9.59 Å². The minimum absolute atomic E-state index is 0.0735. The second-order valence-corrected chi connectivity index (χ2v) is 4.87. The molecule has 0 fully saturated rings. The fraction of sp³-hybridized carbons (Fsp3) is 0.467. The van der Waals surface area contributed by atoms with Gasteiger partial charge >= 0.3 is 0 Å². The molecule has 1 unspecified atom stereocenters. The van der Waals surface area contributed by atoms with Crippen molar-refractivity contribution in [2.24, 2.45) is 0 Å². The van der Waals surface area contributed by atoms with E-state index in [0.29, 0.717) is 24.9 Å². The van der Waals surface area contributed by atoms with E-state index >= 15 is 0 Å². The third-order valence-corrected chi connectivity index (χ3v) is 3.20. The summed E-state index contributed by atoms with van der Waals surface area (Å²) in [5.74, 6) is -0.766. The van der Waals surface area contributed by atoms with Crippen LogP contribution in [-0.4, -0.2) is 42.5 Å². The molecule has 0 aliphatic rings. The average Bonchev–Trinajstić information content (AvgIpc) is 2.46. The van der Waals surface area contributed by atoms with Crippen molar-refractivity contribution in [2.75, 3.05) is 20.6 Å². The van der Waals surface area contributed by atoms with Crippen molar-refractivity contribution < 1.29 is 19.1 Å². The third-order valence-electron chi connectivity index (χ3n) is 3.20. The summed E-state index contributed by atoms with van der Waals surface area (Å²) >= 11 is 0. The Morgan fingerprint density at radius 3 is 2.76 bits per heavy atom. The van der Waals surface area contributed by atoms with Crippen LogP contribution in [0.15, 0.2) is 24.3 Å². The Morgan fingerprint density at radius 1 is 1.43 bits per heavy atom. The Hall–Kier alpha value is -1.95. The van der Waals surface area contributed by atoms with Crippen LogP contribution >= 0.6 is 0 Å². The molecule has 1 atom stereocenters. The van der Waals surface area contributed by atoms with Gasteiger partial charge in [0.25, 0.3) is 0 Å². The van der Waals surface area contributed by atoms with E-state index in [4.69, 9.17) is 0 Å². The summed E-state index contributed by atoms with van der Waals surface area (Å²) in [6.07, 6.45) is -0.243. The van der Waals surface area contributed by atoms with Crippen LogP contribution in [-0.2, 0) is 9.59 Å².